The molecule has 0 atom stereocenters. The first-order valence-corrected chi connectivity index (χ1v) is 7.06. The maximum Gasteiger partial charge on any atom is 0.315 e. The Morgan fingerprint density at radius 2 is 1.95 bits per heavy atom. The maximum atomic E-state index is 11.6. The van der Waals surface area contributed by atoms with Crippen LogP contribution < -0.4 is 10.6 Å². The van der Waals surface area contributed by atoms with Gasteiger partial charge in [0.1, 0.15) is 5.01 Å². The highest BCUT2D eigenvalue weighted by Gasteiger charge is 2.03. The van der Waals surface area contributed by atoms with Crippen LogP contribution in [0.5, 0.6) is 0 Å². The fraction of sp³-hybridized carbons (Fsp3) is 0.231. The van der Waals surface area contributed by atoms with Crippen LogP contribution in [-0.2, 0) is 13.1 Å². The molecule has 100 valence electrons. The van der Waals surface area contributed by atoms with Gasteiger partial charge < -0.3 is 10.6 Å². The zero-order valence-corrected chi connectivity index (χ0v) is 12.0. The first-order valence-electron chi connectivity index (χ1n) is 5.80. The van der Waals surface area contributed by atoms with E-state index in [1.165, 1.54) is 11.3 Å². The molecule has 1 aromatic heterocycles. The number of carbonyl (C=O) groups excluding carboxylic acids is 1. The molecule has 2 amide bonds. The number of nitrogens with one attached hydrogen (secondary N) is 2. The van der Waals surface area contributed by atoms with Crippen LogP contribution in [0.2, 0.25) is 5.02 Å². The van der Waals surface area contributed by atoms with Crippen molar-refractivity contribution in [3.63, 3.8) is 0 Å². The minimum atomic E-state index is -0.206. The van der Waals surface area contributed by atoms with E-state index in [0.717, 1.165) is 16.3 Å². The molecule has 0 saturated carbocycles. The van der Waals surface area contributed by atoms with Crippen LogP contribution in [0.3, 0.4) is 0 Å². The fourth-order valence-corrected chi connectivity index (χ4v) is 2.32. The highest BCUT2D eigenvalue weighted by molar-refractivity contribution is 7.09. The van der Waals surface area contributed by atoms with E-state index in [4.69, 9.17) is 11.6 Å². The quantitative estimate of drug-likeness (QED) is 0.910. The predicted molar refractivity (Wildman–Crippen MR) is 77.4 cm³/mol. The van der Waals surface area contributed by atoms with Crippen molar-refractivity contribution in [3.05, 3.63) is 50.9 Å². The zero-order valence-electron chi connectivity index (χ0n) is 10.4. The summed E-state index contributed by atoms with van der Waals surface area (Å²) in [6, 6.07) is 7.16. The Morgan fingerprint density at radius 3 is 2.58 bits per heavy atom. The van der Waals surface area contributed by atoms with Gasteiger partial charge in [0.05, 0.1) is 6.54 Å². The van der Waals surface area contributed by atoms with E-state index >= 15 is 0 Å². The molecule has 0 saturated heterocycles. The number of aromatic nitrogens is 1. The van der Waals surface area contributed by atoms with Gasteiger partial charge in [-0.1, -0.05) is 23.7 Å². The lowest BCUT2D eigenvalue weighted by molar-refractivity contribution is 0.240. The third-order valence-corrected chi connectivity index (χ3v) is 3.65. The number of aryl methyl sites for hydroxylation is 1. The van der Waals surface area contributed by atoms with Crippen molar-refractivity contribution in [2.45, 2.75) is 20.0 Å². The van der Waals surface area contributed by atoms with Gasteiger partial charge in [0.15, 0.2) is 0 Å². The van der Waals surface area contributed by atoms with Gasteiger partial charge in [-0.05, 0) is 24.6 Å². The molecule has 0 radical (unpaired) electrons. The monoisotopic (exact) mass is 295 g/mol. The minimum Gasteiger partial charge on any atom is -0.334 e. The number of hydrogen-bond donors (Lipinski definition) is 2. The second-order valence-corrected chi connectivity index (χ2v) is 5.42. The van der Waals surface area contributed by atoms with Gasteiger partial charge in [0.2, 0.25) is 0 Å². The molecule has 0 aliphatic carbocycles. The van der Waals surface area contributed by atoms with Crippen LogP contribution in [-0.4, -0.2) is 11.0 Å². The molecule has 0 aliphatic heterocycles. The van der Waals surface area contributed by atoms with Gasteiger partial charge in [-0.15, -0.1) is 11.3 Å². The second kappa shape index (κ2) is 6.54. The van der Waals surface area contributed by atoms with Gasteiger partial charge in [-0.25, -0.2) is 9.78 Å². The second-order valence-electron chi connectivity index (χ2n) is 4.05. The van der Waals surface area contributed by atoms with Crippen molar-refractivity contribution >= 4 is 29.0 Å². The normalized spacial score (nSPS) is 10.2. The number of halogens is 1. The van der Waals surface area contributed by atoms with E-state index in [9.17, 15) is 4.79 Å². The van der Waals surface area contributed by atoms with Crippen LogP contribution in [0.1, 0.15) is 16.3 Å². The number of benzene rings is 1. The van der Waals surface area contributed by atoms with Crippen LogP contribution in [0.4, 0.5) is 4.79 Å². The van der Waals surface area contributed by atoms with E-state index in [0.29, 0.717) is 18.1 Å². The molecule has 2 aromatic rings. The van der Waals surface area contributed by atoms with Gasteiger partial charge in [-0.3, -0.25) is 0 Å². The summed E-state index contributed by atoms with van der Waals surface area (Å²) in [5.74, 6) is 0. The lowest BCUT2D eigenvalue weighted by atomic mass is 10.2. The van der Waals surface area contributed by atoms with Gasteiger partial charge in [-0.2, -0.15) is 0 Å². The van der Waals surface area contributed by atoms with Gasteiger partial charge >= 0.3 is 6.03 Å². The summed E-state index contributed by atoms with van der Waals surface area (Å²) in [5, 5.41) is 9.10. The Hall–Kier alpha value is -1.59. The summed E-state index contributed by atoms with van der Waals surface area (Å²) in [6.07, 6.45) is 0. The molecular weight excluding hydrogens is 282 g/mol. The molecule has 1 heterocycles. The molecule has 1 aromatic carbocycles. The van der Waals surface area contributed by atoms with Crippen LogP contribution >= 0.6 is 22.9 Å². The third-order valence-electron chi connectivity index (χ3n) is 2.43. The van der Waals surface area contributed by atoms with Crippen LogP contribution in [0.15, 0.2) is 29.6 Å². The molecule has 0 bridgehead atoms. The van der Waals surface area contributed by atoms with E-state index < -0.39 is 0 Å². The first kappa shape index (κ1) is 13.8. The topological polar surface area (TPSA) is 54.0 Å². The number of urea groups is 1. The highest BCUT2D eigenvalue weighted by Crippen LogP contribution is 2.09. The summed E-state index contributed by atoms with van der Waals surface area (Å²) < 4.78 is 0. The average molecular weight is 296 g/mol. The van der Waals surface area contributed by atoms with Crippen LogP contribution in [0, 0.1) is 6.92 Å². The third kappa shape index (κ3) is 4.54. The number of rotatable bonds is 4. The number of amides is 2. The van der Waals surface area contributed by atoms with Crippen LogP contribution in [0.25, 0.3) is 0 Å². The van der Waals surface area contributed by atoms with E-state index in [-0.39, 0.29) is 6.03 Å². The minimum absolute atomic E-state index is 0.206. The Bertz CT molecular complexity index is 553. The maximum absolute atomic E-state index is 11.6. The number of carbonyl (C=O) groups is 1. The molecular formula is C13H14ClN3OS. The van der Waals surface area contributed by atoms with Crippen molar-refractivity contribution < 1.29 is 4.79 Å². The Morgan fingerprint density at radius 1 is 1.26 bits per heavy atom. The highest BCUT2D eigenvalue weighted by atomic mass is 35.5. The summed E-state index contributed by atoms with van der Waals surface area (Å²) in [6.45, 7) is 2.85. The number of nitrogens with zero attached hydrogens (tertiary/aromatic N) is 1. The largest absolute Gasteiger partial charge is 0.334 e. The van der Waals surface area contributed by atoms with Crippen molar-refractivity contribution in [2.75, 3.05) is 0 Å². The smallest absolute Gasteiger partial charge is 0.315 e. The Labute approximate surface area is 120 Å². The zero-order chi connectivity index (χ0) is 13.7. The summed E-state index contributed by atoms with van der Waals surface area (Å²) in [7, 11) is 0. The fourth-order valence-electron chi connectivity index (χ4n) is 1.49. The van der Waals surface area contributed by atoms with Crippen molar-refractivity contribution in [1.82, 2.24) is 15.6 Å². The molecule has 19 heavy (non-hydrogen) atoms. The molecule has 0 aliphatic rings. The molecule has 6 heteroatoms. The molecule has 0 fully saturated rings. The number of thiazole rings is 1. The SMILES string of the molecule is Cc1csc(CNC(=O)NCc2ccc(Cl)cc2)n1. The van der Waals surface area contributed by atoms with E-state index in [1.54, 1.807) is 12.1 Å². The van der Waals surface area contributed by atoms with E-state index in [2.05, 4.69) is 15.6 Å². The van der Waals surface area contributed by atoms with Gasteiger partial charge in [0, 0.05) is 22.6 Å². The van der Waals surface area contributed by atoms with Crippen molar-refractivity contribution in [3.8, 4) is 0 Å². The summed E-state index contributed by atoms with van der Waals surface area (Å²) in [4.78, 5) is 15.9. The molecule has 2 rings (SSSR count). The number of hydrogen-bond acceptors (Lipinski definition) is 3. The molecule has 2 N–H and O–H groups in total. The van der Waals surface area contributed by atoms with E-state index in [1.807, 2.05) is 24.4 Å². The summed E-state index contributed by atoms with van der Waals surface area (Å²) >= 11 is 7.33. The Kier molecular flexibility index (Phi) is 4.76. The average Bonchev–Trinajstić information content (AvgIpc) is 2.81. The molecule has 0 spiro atoms. The molecule has 4 nitrogen and oxygen atoms in total. The standard InChI is InChI=1S/C13H14ClN3OS/c1-9-8-19-12(17-9)7-16-13(18)15-6-10-2-4-11(14)5-3-10/h2-5,8H,6-7H2,1H3,(H2,15,16,18). The van der Waals surface area contributed by atoms with Crippen molar-refractivity contribution in [1.29, 1.82) is 0 Å². The van der Waals surface area contributed by atoms with Crippen molar-refractivity contribution in [2.24, 2.45) is 0 Å². The summed E-state index contributed by atoms with van der Waals surface area (Å²) in [5.41, 5.74) is 1.98. The lowest BCUT2D eigenvalue weighted by Gasteiger charge is -2.06. The molecule has 0 unspecified atom stereocenters. The first-order chi connectivity index (χ1) is 9.13. The van der Waals surface area contributed by atoms with Gasteiger partial charge in [0.25, 0.3) is 0 Å². The Balaban J connectivity index is 1.74. The lowest BCUT2D eigenvalue weighted by Crippen LogP contribution is -2.34. The predicted octanol–water partition coefficient (Wildman–Crippen LogP) is 3.10.